The van der Waals surface area contributed by atoms with Crippen LogP contribution < -0.4 is 11.1 Å². The van der Waals surface area contributed by atoms with Gasteiger partial charge in [0.25, 0.3) is 5.91 Å². The zero-order valence-electron chi connectivity index (χ0n) is 30.3. The van der Waals surface area contributed by atoms with Crippen LogP contribution in [0.1, 0.15) is 158 Å². The van der Waals surface area contributed by atoms with Gasteiger partial charge in [-0.05, 0) is 73.6 Å². The maximum absolute atomic E-state index is 13.9. The molecule has 270 valence electrons. The van der Waals surface area contributed by atoms with Gasteiger partial charge in [0.2, 0.25) is 10.0 Å². The highest BCUT2D eigenvalue weighted by molar-refractivity contribution is 7.89. The van der Waals surface area contributed by atoms with Gasteiger partial charge in [0, 0.05) is 19.1 Å². The van der Waals surface area contributed by atoms with Crippen molar-refractivity contribution in [3.8, 4) is 0 Å². The van der Waals surface area contributed by atoms with Gasteiger partial charge in [-0.3, -0.25) is 4.79 Å². The molecular weight excluding hydrogens is 608 g/mol. The van der Waals surface area contributed by atoms with Crippen LogP contribution in [-0.4, -0.2) is 77.5 Å². The molecular formula is C34H66N4O7S. The number of carbonyl (C=O) groups is 3. The Morgan fingerprint density at radius 3 is 1.74 bits per heavy atom. The summed E-state index contributed by atoms with van der Waals surface area (Å²) in [5.41, 5.74) is 2.62. The summed E-state index contributed by atoms with van der Waals surface area (Å²) in [7, 11) is -3.53. The Morgan fingerprint density at radius 2 is 1.26 bits per heavy atom. The second-order valence-electron chi connectivity index (χ2n) is 14.8. The van der Waals surface area contributed by atoms with Gasteiger partial charge < -0.3 is 20.5 Å². The van der Waals surface area contributed by atoms with Crippen LogP contribution in [0, 0.1) is 0 Å². The molecule has 1 heterocycles. The lowest BCUT2D eigenvalue weighted by molar-refractivity contribution is -0.134. The Labute approximate surface area is 280 Å². The van der Waals surface area contributed by atoms with E-state index in [4.69, 9.17) is 15.2 Å². The van der Waals surface area contributed by atoms with Gasteiger partial charge in [-0.1, -0.05) is 84.5 Å². The van der Waals surface area contributed by atoms with Crippen LogP contribution in [0.5, 0.6) is 0 Å². The minimum absolute atomic E-state index is 0.0116. The van der Waals surface area contributed by atoms with Crippen LogP contribution in [0.25, 0.3) is 0 Å². The predicted octanol–water partition coefficient (Wildman–Crippen LogP) is 7.23. The van der Waals surface area contributed by atoms with E-state index in [1.54, 1.807) is 41.5 Å². The van der Waals surface area contributed by atoms with Crippen molar-refractivity contribution < 1.29 is 32.3 Å². The Balaban J connectivity index is 2.99. The molecule has 1 saturated heterocycles. The summed E-state index contributed by atoms with van der Waals surface area (Å²) < 4.78 is 39.4. The fraction of sp³-hybridized carbons (Fsp3) is 0.912. The van der Waals surface area contributed by atoms with Crippen LogP contribution in [0.15, 0.2) is 0 Å². The summed E-state index contributed by atoms with van der Waals surface area (Å²) in [6, 6.07) is -0.447. The molecule has 0 aromatic heterocycles. The molecule has 2 unspecified atom stereocenters. The Hall–Kier alpha value is -1.92. The molecule has 3 N–H and O–H groups in total. The molecule has 0 aromatic carbocycles. The number of amides is 3. The van der Waals surface area contributed by atoms with Crippen LogP contribution in [-0.2, 0) is 24.3 Å². The van der Waals surface area contributed by atoms with Crippen molar-refractivity contribution in [3.05, 3.63) is 0 Å². The number of hydrogen-bond acceptors (Lipinski definition) is 8. The number of rotatable bonds is 19. The van der Waals surface area contributed by atoms with Crippen molar-refractivity contribution in [3.63, 3.8) is 0 Å². The Bertz CT molecular complexity index is 1010. The third kappa shape index (κ3) is 15.3. The van der Waals surface area contributed by atoms with E-state index >= 15 is 0 Å². The molecule has 1 rings (SSSR count). The summed E-state index contributed by atoms with van der Waals surface area (Å²) in [6.07, 6.45) is 12.3. The zero-order valence-corrected chi connectivity index (χ0v) is 31.1. The normalized spacial score (nSPS) is 17.6. The number of carbonyl (C=O) groups excluding carboxylic acids is 3. The van der Waals surface area contributed by atoms with Crippen molar-refractivity contribution in [2.45, 2.75) is 181 Å². The van der Waals surface area contributed by atoms with Gasteiger partial charge in [0.05, 0.1) is 5.75 Å². The number of imide groups is 1. The van der Waals surface area contributed by atoms with Crippen LogP contribution in [0.3, 0.4) is 0 Å². The second kappa shape index (κ2) is 19.8. The quantitative estimate of drug-likeness (QED) is 0.108. The van der Waals surface area contributed by atoms with Crippen molar-refractivity contribution in [2.24, 2.45) is 5.73 Å². The Kier molecular flexibility index (Phi) is 18.1. The lowest BCUT2D eigenvalue weighted by atomic mass is 9.99. The van der Waals surface area contributed by atoms with E-state index in [1.165, 1.54) is 42.8 Å². The van der Waals surface area contributed by atoms with Gasteiger partial charge in [-0.15, -0.1) is 0 Å². The highest BCUT2D eigenvalue weighted by Gasteiger charge is 2.50. The van der Waals surface area contributed by atoms with Crippen molar-refractivity contribution in [1.29, 1.82) is 0 Å². The van der Waals surface area contributed by atoms with E-state index in [2.05, 4.69) is 12.2 Å². The first-order valence-electron chi connectivity index (χ1n) is 17.7. The van der Waals surface area contributed by atoms with Gasteiger partial charge in [-0.2, -0.15) is 9.21 Å². The van der Waals surface area contributed by atoms with E-state index in [-0.39, 0.29) is 18.7 Å². The molecule has 11 nitrogen and oxygen atoms in total. The molecule has 46 heavy (non-hydrogen) atoms. The van der Waals surface area contributed by atoms with E-state index < -0.39 is 51.0 Å². The number of nitrogens with one attached hydrogen (secondary N) is 1. The first-order valence-corrected chi connectivity index (χ1v) is 19.3. The first kappa shape index (κ1) is 42.1. The standard InChI is InChI=1S/C34H66N4O7S/c1-9-11-13-14-15-16-17-18-19-22-26-46(42,43)37-25-21-20-23-28(37)27-36-29(39)34(35,24-12-10-2)38(30(40)44-32(3,4)5)31(41)45-33(6,7)8/h28H,9-27,35H2,1-8H3,(H,36,39). The molecule has 0 spiro atoms. The summed E-state index contributed by atoms with van der Waals surface area (Å²) in [6.45, 7) is 14.4. The van der Waals surface area contributed by atoms with E-state index in [0.717, 1.165) is 32.1 Å². The molecule has 3 amide bonds. The minimum Gasteiger partial charge on any atom is -0.443 e. The first-order chi connectivity index (χ1) is 21.4. The number of hydrogen-bond donors (Lipinski definition) is 2. The van der Waals surface area contributed by atoms with Crippen molar-refractivity contribution >= 4 is 28.1 Å². The summed E-state index contributed by atoms with van der Waals surface area (Å²) >= 11 is 0. The predicted molar refractivity (Wildman–Crippen MR) is 184 cm³/mol. The number of sulfonamides is 1. The van der Waals surface area contributed by atoms with Crippen LogP contribution in [0.4, 0.5) is 9.59 Å². The monoisotopic (exact) mass is 674 g/mol. The average molecular weight is 675 g/mol. The molecule has 1 fully saturated rings. The fourth-order valence-corrected chi connectivity index (χ4v) is 7.43. The number of ether oxygens (including phenoxy) is 2. The molecule has 0 bridgehead atoms. The summed E-state index contributed by atoms with van der Waals surface area (Å²) in [4.78, 5) is 41.2. The maximum atomic E-state index is 13.9. The molecule has 1 aliphatic heterocycles. The highest BCUT2D eigenvalue weighted by Crippen LogP contribution is 2.26. The molecule has 2 atom stereocenters. The van der Waals surface area contributed by atoms with Gasteiger partial charge >= 0.3 is 12.2 Å². The van der Waals surface area contributed by atoms with E-state index in [9.17, 15) is 22.8 Å². The number of nitrogens with two attached hydrogens (primary N) is 1. The van der Waals surface area contributed by atoms with Crippen molar-refractivity contribution in [1.82, 2.24) is 14.5 Å². The number of piperidine rings is 1. The summed E-state index contributed by atoms with van der Waals surface area (Å²) in [5.74, 6) is -0.689. The average Bonchev–Trinajstić information content (AvgIpc) is 2.94. The minimum atomic E-state index is -3.53. The third-order valence-corrected chi connectivity index (χ3v) is 10.0. The molecule has 0 aromatic rings. The molecule has 0 saturated carbocycles. The van der Waals surface area contributed by atoms with Gasteiger partial charge in [-0.25, -0.2) is 18.0 Å². The van der Waals surface area contributed by atoms with E-state index in [0.29, 0.717) is 37.1 Å². The topological polar surface area (TPSA) is 148 Å². The SMILES string of the molecule is CCCCCCCCCCCCS(=O)(=O)N1CCCCC1CNC(=O)C(N)(CCCC)N(C(=O)OC(C)(C)C)C(=O)OC(C)(C)C. The molecule has 0 radical (unpaired) electrons. The fourth-order valence-electron chi connectivity index (χ4n) is 5.59. The second-order valence-corrected chi connectivity index (χ2v) is 16.8. The lowest BCUT2D eigenvalue weighted by Crippen LogP contribution is -2.69. The zero-order chi connectivity index (χ0) is 35.0. The number of unbranched alkanes of at least 4 members (excludes halogenated alkanes) is 10. The molecule has 0 aliphatic carbocycles. The van der Waals surface area contributed by atoms with Crippen molar-refractivity contribution in [2.75, 3.05) is 18.8 Å². The summed E-state index contributed by atoms with van der Waals surface area (Å²) in [5, 5.41) is 2.80. The van der Waals surface area contributed by atoms with Gasteiger partial charge in [0.1, 0.15) is 11.2 Å². The molecule has 1 aliphatic rings. The van der Waals surface area contributed by atoms with E-state index in [1.807, 2.05) is 6.92 Å². The maximum Gasteiger partial charge on any atom is 0.421 e. The number of nitrogens with zero attached hydrogens (tertiary/aromatic N) is 2. The molecule has 12 heteroatoms. The van der Waals surface area contributed by atoms with Gasteiger partial charge in [0.15, 0.2) is 5.66 Å². The third-order valence-electron chi connectivity index (χ3n) is 8.04. The van der Waals surface area contributed by atoms with Crippen LogP contribution >= 0.6 is 0 Å². The highest BCUT2D eigenvalue weighted by atomic mass is 32.2. The lowest BCUT2D eigenvalue weighted by Gasteiger charge is -2.40. The largest absolute Gasteiger partial charge is 0.443 e. The smallest absolute Gasteiger partial charge is 0.421 e. The van der Waals surface area contributed by atoms with Crippen LogP contribution in [0.2, 0.25) is 0 Å². The Morgan fingerprint density at radius 1 is 0.783 bits per heavy atom.